The molecule has 1 aliphatic heterocycles. The van der Waals surface area contributed by atoms with E-state index in [1.165, 1.54) is 16.5 Å². The van der Waals surface area contributed by atoms with Gasteiger partial charge in [-0.05, 0) is 11.5 Å². The molecule has 2 aromatic rings. The SMILES string of the molecule is N=C(N)N1CCN(c2cccc3ccccc23)CC1. The lowest BCUT2D eigenvalue weighted by atomic mass is 10.1. The standard InChI is InChI=1S/C15H18N4/c16-15(17)19-10-8-18(9-11-19)14-7-3-5-12-4-1-2-6-13(12)14/h1-7H,8-11H2,(H3,16,17). The fraction of sp³-hybridized carbons (Fsp3) is 0.267. The van der Waals surface area contributed by atoms with Gasteiger partial charge in [0.25, 0.3) is 0 Å². The van der Waals surface area contributed by atoms with Gasteiger partial charge in [-0.25, -0.2) is 0 Å². The van der Waals surface area contributed by atoms with Crippen LogP contribution in [0.15, 0.2) is 42.5 Å². The normalized spacial score (nSPS) is 15.8. The zero-order valence-electron chi connectivity index (χ0n) is 10.8. The van der Waals surface area contributed by atoms with E-state index in [9.17, 15) is 0 Å². The van der Waals surface area contributed by atoms with Crippen LogP contribution in [-0.2, 0) is 0 Å². The Morgan fingerprint density at radius 1 is 0.947 bits per heavy atom. The van der Waals surface area contributed by atoms with Crippen LogP contribution in [0, 0.1) is 5.41 Å². The molecule has 0 bridgehead atoms. The Labute approximate surface area is 112 Å². The molecule has 0 amide bonds. The average molecular weight is 254 g/mol. The van der Waals surface area contributed by atoms with E-state index in [-0.39, 0.29) is 5.96 Å². The van der Waals surface area contributed by atoms with Gasteiger partial charge in [0.2, 0.25) is 0 Å². The third-order valence-electron chi connectivity index (χ3n) is 3.73. The van der Waals surface area contributed by atoms with Crippen molar-refractivity contribution in [2.24, 2.45) is 5.73 Å². The third-order valence-corrected chi connectivity index (χ3v) is 3.73. The molecule has 0 aliphatic carbocycles. The minimum atomic E-state index is 0.178. The molecule has 0 atom stereocenters. The van der Waals surface area contributed by atoms with E-state index in [1.54, 1.807) is 0 Å². The van der Waals surface area contributed by atoms with E-state index in [4.69, 9.17) is 11.1 Å². The Morgan fingerprint density at radius 2 is 1.63 bits per heavy atom. The summed E-state index contributed by atoms with van der Waals surface area (Å²) in [5.74, 6) is 0.178. The van der Waals surface area contributed by atoms with Gasteiger partial charge in [0, 0.05) is 37.3 Å². The minimum Gasteiger partial charge on any atom is -0.370 e. The van der Waals surface area contributed by atoms with Crippen molar-refractivity contribution in [3.8, 4) is 0 Å². The second-order valence-corrected chi connectivity index (χ2v) is 4.86. The number of piperazine rings is 1. The van der Waals surface area contributed by atoms with Crippen molar-refractivity contribution in [3.63, 3.8) is 0 Å². The predicted molar refractivity (Wildman–Crippen MR) is 79.6 cm³/mol. The molecule has 4 heteroatoms. The van der Waals surface area contributed by atoms with Crippen molar-refractivity contribution in [2.75, 3.05) is 31.1 Å². The molecule has 0 radical (unpaired) electrons. The summed E-state index contributed by atoms with van der Waals surface area (Å²) >= 11 is 0. The first kappa shape index (κ1) is 11.8. The summed E-state index contributed by atoms with van der Waals surface area (Å²) in [4.78, 5) is 4.30. The van der Waals surface area contributed by atoms with Crippen LogP contribution >= 0.6 is 0 Å². The average Bonchev–Trinajstić information content (AvgIpc) is 2.47. The number of anilines is 1. The zero-order chi connectivity index (χ0) is 13.2. The molecule has 1 heterocycles. The van der Waals surface area contributed by atoms with Crippen LogP contribution in [-0.4, -0.2) is 37.0 Å². The van der Waals surface area contributed by atoms with Crippen molar-refractivity contribution in [1.82, 2.24) is 4.90 Å². The zero-order valence-corrected chi connectivity index (χ0v) is 10.8. The fourth-order valence-electron chi connectivity index (χ4n) is 2.67. The van der Waals surface area contributed by atoms with Crippen LogP contribution < -0.4 is 10.6 Å². The second kappa shape index (κ2) is 4.80. The van der Waals surface area contributed by atoms with Gasteiger partial charge in [-0.1, -0.05) is 36.4 Å². The number of nitrogens with two attached hydrogens (primary N) is 1. The highest BCUT2D eigenvalue weighted by Gasteiger charge is 2.18. The number of nitrogens with zero attached hydrogens (tertiary/aromatic N) is 2. The lowest BCUT2D eigenvalue weighted by Gasteiger charge is -2.36. The largest absolute Gasteiger partial charge is 0.370 e. The van der Waals surface area contributed by atoms with E-state index in [1.807, 2.05) is 4.90 Å². The predicted octanol–water partition coefficient (Wildman–Crippen LogP) is 1.86. The van der Waals surface area contributed by atoms with Crippen molar-refractivity contribution in [3.05, 3.63) is 42.5 Å². The number of hydrogen-bond donors (Lipinski definition) is 2. The molecule has 19 heavy (non-hydrogen) atoms. The van der Waals surface area contributed by atoms with Crippen molar-refractivity contribution >= 4 is 22.4 Å². The lowest BCUT2D eigenvalue weighted by Crippen LogP contribution is -2.50. The molecular formula is C15H18N4. The van der Waals surface area contributed by atoms with Crippen molar-refractivity contribution < 1.29 is 0 Å². The maximum absolute atomic E-state index is 7.48. The van der Waals surface area contributed by atoms with Crippen molar-refractivity contribution in [2.45, 2.75) is 0 Å². The highest BCUT2D eigenvalue weighted by molar-refractivity contribution is 5.94. The van der Waals surface area contributed by atoms with Crippen molar-refractivity contribution in [1.29, 1.82) is 5.41 Å². The Bertz CT molecular complexity index is 595. The van der Waals surface area contributed by atoms with Crippen LogP contribution in [0.25, 0.3) is 10.8 Å². The minimum absolute atomic E-state index is 0.178. The fourth-order valence-corrected chi connectivity index (χ4v) is 2.67. The van der Waals surface area contributed by atoms with Crippen LogP contribution in [0.5, 0.6) is 0 Å². The molecular weight excluding hydrogens is 236 g/mol. The van der Waals surface area contributed by atoms with E-state index < -0.39 is 0 Å². The number of fused-ring (bicyclic) bond motifs is 1. The van der Waals surface area contributed by atoms with Crippen LogP contribution in [0.1, 0.15) is 0 Å². The number of benzene rings is 2. The third kappa shape index (κ3) is 2.21. The first-order valence-electron chi connectivity index (χ1n) is 6.57. The smallest absolute Gasteiger partial charge is 0.188 e. The Morgan fingerprint density at radius 3 is 2.37 bits per heavy atom. The molecule has 98 valence electrons. The molecule has 0 spiro atoms. The topological polar surface area (TPSA) is 56.4 Å². The summed E-state index contributed by atoms with van der Waals surface area (Å²) in [5.41, 5.74) is 6.81. The number of nitrogens with one attached hydrogen (secondary N) is 1. The van der Waals surface area contributed by atoms with Crippen LogP contribution in [0.4, 0.5) is 5.69 Å². The van der Waals surface area contributed by atoms with E-state index >= 15 is 0 Å². The molecule has 1 aliphatic rings. The second-order valence-electron chi connectivity index (χ2n) is 4.86. The summed E-state index contributed by atoms with van der Waals surface area (Å²) in [6.07, 6.45) is 0. The first-order valence-corrected chi connectivity index (χ1v) is 6.57. The van der Waals surface area contributed by atoms with Gasteiger partial charge < -0.3 is 15.5 Å². The maximum Gasteiger partial charge on any atom is 0.188 e. The molecule has 0 unspecified atom stereocenters. The summed E-state index contributed by atoms with van der Waals surface area (Å²) in [7, 11) is 0. The first-order chi connectivity index (χ1) is 9.25. The molecule has 0 aromatic heterocycles. The molecule has 4 nitrogen and oxygen atoms in total. The van der Waals surface area contributed by atoms with Crippen LogP contribution in [0.2, 0.25) is 0 Å². The van der Waals surface area contributed by atoms with E-state index in [2.05, 4.69) is 47.4 Å². The van der Waals surface area contributed by atoms with Gasteiger partial charge >= 0.3 is 0 Å². The van der Waals surface area contributed by atoms with Gasteiger partial charge in [0.1, 0.15) is 0 Å². The maximum atomic E-state index is 7.48. The summed E-state index contributed by atoms with van der Waals surface area (Å²) in [6, 6.07) is 14.9. The Kier molecular flexibility index (Phi) is 2.99. The van der Waals surface area contributed by atoms with Gasteiger partial charge in [-0.2, -0.15) is 0 Å². The Hall–Kier alpha value is -2.23. The molecule has 1 saturated heterocycles. The molecule has 0 saturated carbocycles. The van der Waals surface area contributed by atoms with E-state index in [0.717, 1.165) is 26.2 Å². The molecule has 1 fully saturated rings. The highest BCUT2D eigenvalue weighted by atomic mass is 15.3. The summed E-state index contributed by atoms with van der Waals surface area (Å²) in [6.45, 7) is 3.46. The lowest BCUT2D eigenvalue weighted by molar-refractivity contribution is 0.380. The number of hydrogen-bond acceptors (Lipinski definition) is 2. The van der Waals surface area contributed by atoms with Gasteiger partial charge in [-0.15, -0.1) is 0 Å². The summed E-state index contributed by atoms with van der Waals surface area (Å²) in [5, 5.41) is 10.0. The number of guanidine groups is 1. The number of rotatable bonds is 1. The quantitative estimate of drug-likeness (QED) is 0.603. The summed E-state index contributed by atoms with van der Waals surface area (Å²) < 4.78 is 0. The monoisotopic (exact) mass is 254 g/mol. The molecule has 2 aromatic carbocycles. The molecule has 3 rings (SSSR count). The van der Waals surface area contributed by atoms with Gasteiger partial charge in [-0.3, -0.25) is 5.41 Å². The van der Waals surface area contributed by atoms with Gasteiger partial charge in [0.05, 0.1) is 0 Å². The van der Waals surface area contributed by atoms with Crippen LogP contribution in [0.3, 0.4) is 0 Å². The Balaban J connectivity index is 1.88. The van der Waals surface area contributed by atoms with E-state index in [0.29, 0.717) is 0 Å². The molecule has 3 N–H and O–H groups in total. The van der Waals surface area contributed by atoms with Gasteiger partial charge in [0.15, 0.2) is 5.96 Å². The highest BCUT2D eigenvalue weighted by Crippen LogP contribution is 2.27.